The lowest BCUT2D eigenvalue weighted by Gasteiger charge is -2.27. The average molecular weight is 412 g/mol. The van der Waals surface area contributed by atoms with Crippen molar-refractivity contribution in [3.8, 4) is 5.75 Å². The van der Waals surface area contributed by atoms with Gasteiger partial charge in [-0.05, 0) is 19.4 Å². The normalized spacial score (nSPS) is 19.7. The van der Waals surface area contributed by atoms with Crippen LogP contribution in [-0.4, -0.2) is 34.0 Å². The number of aryl methyl sites for hydroxylation is 2. The van der Waals surface area contributed by atoms with Crippen LogP contribution in [0.3, 0.4) is 0 Å². The Morgan fingerprint density at radius 1 is 1.32 bits per heavy atom. The third kappa shape index (κ3) is 4.60. The lowest BCUT2D eigenvalue weighted by molar-refractivity contribution is -0.0520. The summed E-state index contributed by atoms with van der Waals surface area (Å²) in [6.07, 6.45) is 0.446. The number of nitrogens with zero attached hydrogens (tertiary/aromatic N) is 1. The van der Waals surface area contributed by atoms with E-state index in [1.54, 1.807) is 13.0 Å². The Kier molecular flexibility index (Phi) is 6.17. The minimum atomic E-state index is -3.87. The number of fused-ring (bicyclic) bond motifs is 1. The Morgan fingerprint density at radius 3 is 2.86 bits per heavy atom. The highest BCUT2D eigenvalue weighted by Gasteiger charge is 2.35. The molecule has 0 spiro atoms. The van der Waals surface area contributed by atoms with Crippen LogP contribution in [0.4, 0.5) is 0 Å². The number of aliphatic hydroxyl groups excluding tert-OH is 1. The highest BCUT2D eigenvalue weighted by molar-refractivity contribution is 7.49. The monoisotopic (exact) mass is 412 g/mol. The van der Waals surface area contributed by atoms with Gasteiger partial charge < -0.3 is 14.4 Å². The standard InChI is InChI=1S/C17H21N2O8P/c1-11-4-3-5-13-8-25-28(23,27-15(11)13)26-9-14(7-20)24-10-19-6-12(2)16(21)18-17(19)22/h3-6,14,20H,7-10H2,1-2H3,(H,18,21,22). The van der Waals surface area contributed by atoms with Crippen LogP contribution in [-0.2, 0) is 31.7 Å². The molecular formula is C17H21N2O8P. The van der Waals surface area contributed by atoms with Crippen molar-refractivity contribution in [2.24, 2.45) is 0 Å². The zero-order valence-electron chi connectivity index (χ0n) is 15.4. The highest BCUT2D eigenvalue weighted by Crippen LogP contribution is 2.55. The number of H-pyrrole nitrogens is 1. The Hall–Kier alpha value is -2.23. The maximum atomic E-state index is 12.7. The molecule has 0 saturated heterocycles. The van der Waals surface area contributed by atoms with Crippen molar-refractivity contribution in [3.05, 3.63) is 61.9 Å². The van der Waals surface area contributed by atoms with Gasteiger partial charge in [-0.15, -0.1) is 0 Å². The van der Waals surface area contributed by atoms with Crippen LogP contribution in [0.15, 0.2) is 34.0 Å². The zero-order chi connectivity index (χ0) is 20.3. The molecule has 0 radical (unpaired) electrons. The Balaban J connectivity index is 1.61. The molecule has 0 fully saturated rings. The number of phosphoric ester groups is 1. The molecule has 11 heteroatoms. The minimum absolute atomic E-state index is 0.0744. The van der Waals surface area contributed by atoms with Crippen molar-refractivity contribution in [3.63, 3.8) is 0 Å². The van der Waals surface area contributed by atoms with E-state index in [1.807, 2.05) is 19.1 Å². The van der Waals surface area contributed by atoms with Gasteiger partial charge in [0.15, 0.2) is 0 Å². The van der Waals surface area contributed by atoms with Crippen molar-refractivity contribution in [2.45, 2.75) is 33.3 Å². The Morgan fingerprint density at radius 2 is 2.11 bits per heavy atom. The number of benzene rings is 1. The predicted octanol–water partition coefficient (Wildman–Crippen LogP) is 1.22. The number of nitrogens with one attached hydrogen (secondary N) is 1. The van der Waals surface area contributed by atoms with Crippen molar-refractivity contribution in [1.29, 1.82) is 0 Å². The quantitative estimate of drug-likeness (QED) is 0.650. The van der Waals surface area contributed by atoms with Gasteiger partial charge >= 0.3 is 13.5 Å². The van der Waals surface area contributed by atoms with Crippen molar-refractivity contribution >= 4 is 7.82 Å². The number of ether oxygens (including phenoxy) is 1. The van der Waals surface area contributed by atoms with E-state index >= 15 is 0 Å². The second kappa shape index (κ2) is 8.42. The predicted molar refractivity (Wildman–Crippen MR) is 98.2 cm³/mol. The van der Waals surface area contributed by atoms with E-state index in [-0.39, 0.29) is 19.9 Å². The van der Waals surface area contributed by atoms with Crippen LogP contribution < -0.4 is 15.8 Å². The first kappa shape index (κ1) is 20.5. The summed E-state index contributed by atoms with van der Waals surface area (Å²) in [7, 11) is -3.87. The molecule has 1 aromatic heterocycles. The van der Waals surface area contributed by atoms with Crippen molar-refractivity contribution in [2.75, 3.05) is 13.2 Å². The molecule has 2 unspecified atom stereocenters. The summed E-state index contributed by atoms with van der Waals surface area (Å²) >= 11 is 0. The molecule has 10 nitrogen and oxygen atoms in total. The number of aliphatic hydroxyl groups is 1. The fraction of sp³-hybridized carbons (Fsp3) is 0.412. The summed E-state index contributed by atoms with van der Waals surface area (Å²) in [6.45, 7) is 2.46. The van der Waals surface area contributed by atoms with E-state index in [4.69, 9.17) is 18.3 Å². The zero-order valence-corrected chi connectivity index (χ0v) is 16.3. The second-order valence-electron chi connectivity index (χ2n) is 6.31. The fourth-order valence-electron chi connectivity index (χ4n) is 2.54. The third-order valence-electron chi connectivity index (χ3n) is 4.14. The molecule has 152 valence electrons. The van der Waals surface area contributed by atoms with Gasteiger partial charge in [-0.3, -0.25) is 23.4 Å². The summed E-state index contributed by atoms with van der Waals surface area (Å²) in [4.78, 5) is 25.3. The Labute approximate surface area is 160 Å². The molecular weight excluding hydrogens is 391 g/mol. The number of aromatic amines is 1. The van der Waals surface area contributed by atoms with Gasteiger partial charge in [-0.25, -0.2) is 9.36 Å². The minimum Gasteiger partial charge on any atom is -0.403 e. The van der Waals surface area contributed by atoms with Gasteiger partial charge in [0.25, 0.3) is 5.56 Å². The SMILES string of the molecule is Cc1cccc2c1OP(=O)(OCC(CO)OCn1cc(C)c(=O)[nH]c1=O)OC2. The van der Waals surface area contributed by atoms with Crippen LogP contribution in [0.1, 0.15) is 16.7 Å². The van der Waals surface area contributed by atoms with Crippen LogP contribution in [0.5, 0.6) is 5.75 Å². The molecule has 1 aliphatic heterocycles. The van der Waals surface area contributed by atoms with E-state index < -0.39 is 31.8 Å². The molecule has 28 heavy (non-hydrogen) atoms. The number of aromatic nitrogens is 2. The van der Waals surface area contributed by atoms with Crippen LogP contribution in [0, 0.1) is 13.8 Å². The van der Waals surface area contributed by atoms with Gasteiger partial charge in [0, 0.05) is 17.3 Å². The molecule has 2 aromatic rings. The first-order valence-corrected chi connectivity index (χ1v) is 9.97. The lowest BCUT2D eigenvalue weighted by Crippen LogP contribution is -2.34. The van der Waals surface area contributed by atoms with Gasteiger partial charge in [0.2, 0.25) is 0 Å². The molecule has 0 saturated carbocycles. The number of para-hydroxylation sites is 1. The molecule has 1 aliphatic rings. The molecule has 1 aromatic carbocycles. The molecule has 0 aliphatic carbocycles. The van der Waals surface area contributed by atoms with Crippen LogP contribution in [0.2, 0.25) is 0 Å². The maximum absolute atomic E-state index is 12.7. The van der Waals surface area contributed by atoms with E-state index in [1.165, 1.54) is 6.20 Å². The molecule has 0 amide bonds. The first-order chi connectivity index (χ1) is 13.3. The summed E-state index contributed by atoms with van der Waals surface area (Å²) in [5, 5.41) is 9.47. The molecule has 2 atom stereocenters. The topological polar surface area (TPSA) is 129 Å². The summed E-state index contributed by atoms with van der Waals surface area (Å²) in [5.74, 6) is 0.453. The van der Waals surface area contributed by atoms with E-state index in [2.05, 4.69) is 4.98 Å². The molecule has 2 N–H and O–H groups in total. The number of hydrogen-bond acceptors (Lipinski definition) is 8. The van der Waals surface area contributed by atoms with Crippen LogP contribution in [0.25, 0.3) is 0 Å². The van der Waals surface area contributed by atoms with Gasteiger partial charge in [0.05, 0.1) is 19.8 Å². The Bertz CT molecular complexity index is 1010. The number of hydrogen-bond donors (Lipinski definition) is 2. The van der Waals surface area contributed by atoms with Crippen molar-refractivity contribution < 1.29 is 28.0 Å². The smallest absolute Gasteiger partial charge is 0.403 e. The van der Waals surface area contributed by atoms with Gasteiger partial charge in [-0.1, -0.05) is 18.2 Å². The largest absolute Gasteiger partial charge is 0.530 e. The molecule has 3 rings (SSSR count). The summed E-state index contributed by atoms with van der Waals surface area (Å²) < 4.78 is 35.2. The number of phosphoric acid groups is 1. The highest BCUT2D eigenvalue weighted by atomic mass is 31.2. The van der Waals surface area contributed by atoms with E-state index in [9.17, 15) is 19.3 Å². The maximum Gasteiger partial charge on any atom is 0.530 e. The average Bonchev–Trinajstić information content (AvgIpc) is 2.66. The molecule has 0 bridgehead atoms. The summed E-state index contributed by atoms with van der Waals surface area (Å²) in [5.41, 5.74) is 0.767. The van der Waals surface area contributed by atoms with Gasteiger partial charge in [0.1, 0.15) is 18.6 Å². The third-order valence-corrected chi connectivity index (χ3v) is 5.45. The van der Waals surface area contributed by atoms with Crippen molar-refractivity contribution in [1.82, 2.24) is 9.55 Å². The van der Waals surface area contributed by atoms with Gasteiger partial charge in [-0.2, -0.15) is 0 Å². The number of rotatable bonds is 7. The fourth-order valence-corrected chi connectivity index (χ4v) is 3.85. The summed E-state index contributed by atoms with van der Waals surface area (Å²) in [6, 6.07) is 5.46. The first-order valence-electron chi connectivity index (χ1n) is 8.51. The van der Waals surface area contributed by atoms with E-state index in [0.29, 0.717) is 11.3 Å². The van der Waals surface area contributed by atoms with E-state index in [0.717, 1.165) is 15.7 Å². The molecule has 2 heterocycles. The lowest BCUT2D eigenvalue weighted by atomic mass is 10.1. The van der Waals surface area contributed by atoms with Crippen LogP contribution >= 0.6 is 7.82 Å². The second-order valence-corrected chi connectivity index (χ2v) is 7.91.